The first-order valence-corrected chi connectivity index (χ1v) is 9.73. The number of fused-ring (bicyclic) bond motifs is 1. The van der Waals surface area contributed by atoms with E-state index in [-0.39, 0.29) is 5.54 Å². The molecule has 0 amide bonds. The molecular formula is C18H23N5OS. The molecule has 0 aliphatic carbocycles. The summed E-state index contributed by atoms with van der Waals surface area (Å²) in [5.74, 6) is 1.77. The third kappa shape index (κ3) is 2.81. The Bertz CT molecular complexity index is 838. The van der Waals surface area contributed by atoms with E-state index in [0.29, 0.717) is 0 Å². The molecule has 0 saturated carbocycles. The molecule has 1 aliphatic heterocycles. The molecule has 6 nitrogen and oxygen atoms in total. The molecule has 4 heterocycles. The summed E-state index contributed by atoms with van der Waals surface area (Å²) < 4.78 is 7.45. The first-order valence-electron chi connectivity index (χ1n) is 8.79. The summed E-state index contributed by atoms with van der Waals surface area (Å²) in [6.07, 6.45) is 4.56. The highest BCUT2D eigenvalue weighted by Gasteiger charge is 2.41. The molecule has 132 valence electrons. The maximum absolute atomic E-state index is 5.59. The highest BCUT2D eigenvalue weighted by atomic mass is 32.1. The molecule has 0 bridgehead atoms. The summed E-state index contributed by atoms with van der Waals surface area (Å²) in [7, 11) is 1.79. The summed E-state index contributed by atoms with van der Waals surface area (Å²) in [5, 5.41) is 17.6. The Hall–Kier alpha value is -1.99. The molecule has 1 unspecified atom stereocenters. The van der Waals surface area contributed by atoms with Gasteiger partial charge in [-0.05, 0) is 42.8 Å². The van der Waals surface area contributed by atoms with Crippen LogP contribution in [0, 0.1) is 0 Å². The zero-order valence-electron chi connectivity index (χ0n) is 14.7. The number of hydrogen-bond acceptors (Lipinski definition) is 6. The number of rotatable bonds is 6. The van der Waals surface area contributed by atoms with E-state index in [4.69, 9.17) is 9.84 Å². The van der Waals surface area contributed by atoms with Gasteiger partial charge in [-0.25, -0.2) is 0 Å². The van der Waals surface area contributed by atoms with E-state index in [1.54, 1.807) is 18.4 Å². The first-order chi connectivity index (χ1) is 12.3. The van der Waals surface area contributed by atoms with E-state index in [1.807, 2.05) is 16.0 Å². The fourth-order valence-corrected chi connectivity index (χ4v) is 4.64. The van der Waals surface area contributed by atoms with Crippen LogP contribution in [0.4, 0.5) is 5.82 Å². The predicted octanol–water partition coefficient (Wildman–Crippen LogP) is 3.64. The van der Waals surface area contributed by atoms with Gasteiger partial charge in [-0.15, -0.1) is 15.3 Å². The van der Waals surface area contributed by atoms with Gasteiger partial charge in [-0.2, -0.15) is 15.9 Å². The SMILES string of the molecule is CCCC1(COC)CCCN1c1ccc2nnc(-c3ccsc3)n2n1. The van der Waals surface area contributed by atoms with Crippen molar-refractivity contribution in [2.45, 2.75) is 38.1 Å². The molecule has 1 saturated heterocycles. The van der Waals surface area contributed by atoms with Crippen molar-refractivity contribution in [2.24, 2.45) is 0 Å². The van der Waals surface area contributed by atoms with Crippen LogP contribution in [0.2, 0.25) is 0 Å². The molecule has 1 atom stereocenters. The Kier molecular flexibility index (Phi) is 4.43. The lowest BCUT2D eigenvalue weighted by atomic mass is 9.91. The lowest BCUT2D eigenvalue weighted by Gasteiger charge is -2.38. The highest BCUT2D eigenvalue weighted by Crippen LogP contribution is 2.37. The number of nitrogens with zero attached hydrogens (tertiary/aromatic N) is 5. The molecular weight excluding hydrogens is 334 g/mol. The van der Waals surface area contributed by atoms with Crippen molar-refractivity contribution < 1.29 is 4.74 Å². The molecule has 3 aromatic heterocycles. The lowest BCUT2D eigenvalue weighted by Crippen LogP contribution is -2.48. The van der Waals surface area contributed by atoms with Crippen LogP contribution in [0.3, 0.4) is 0 Å². The van der Waals surface area contributed by atoms with E-state index >= 15 is 0 Å². The Morgan fingerprint density at radius 3 is 2.96 bits per heavy atom. The zero-order chi connectivity index (χ0) is 17.3. The van der Waals surface area contributed by atoms with Gasteiger partial charge in [0.05, 0.1) is 12.1 Å². The average molecular weight is 357 g/mol. The Labute approximate surface area is 151 Å². The molecule has 1 aliphatic rings. The summed E-state index contributed by atoms with van der Waals surface area (Å²) in [6, 6.07) is 6.12. The monoisotopic (exact) mass is 357 g/mol. The van der Waals surface area contributed by atoms with E-state index in [9.17, 15) is 0 Å². The number of thiophene rings is 1. The summed E-state index contributed by atoms with van der Waals surface area (Å²) in [4.78, 5) is 2.43. The van der Waals surface area contributed by atoms with Gasteiger partial charge in [-0.1, -0.05) is 13.3 Å². The van der Waals surface area contributed by atoms with Crippen molar-refractivity contribution >= 4 is 22.8 Å². The van der Waals surface area contributed by atoms with Gasteiger partial charge in [0, 0.05) is 24.6 Å². The lowest BCUT2D eigenvalue weighted by molar-refractivity contribution is 0.127. The van der Waals surface area contributed by atoms with Crippen molar-refractivity contribution in [3.05, 3.63) is 29.0 Å². The van der Waals surface area contributed by atoms with Crippen LogP contribution in [-0.2, 0) is 4.74 Å². The van der Waals surface area contributed by atoms with Crippen LogP contribution in [0.25, 0.3) is 17.0 Å². The zero-order valence-corrected chi connectivity index (χ0v) is 15.5. The van der Waals surface area contributed by atoms with Crippen LogP contribution >= 0.6 is 11.3 Å². The van der Waals surface area contributed by atoms with Crippen LogP contribution in [0.15, 0.2) is 29.0 Å². The second-order valence-electron chi connectivity index (χ2n) is 6.66. The Morgan fingerprint density at radius 1 is 1.28 bits per heavy atom. The number of aromatic nitrogens is 4. The fraction of sp³-hybridized carbons (Fsp3) is 0.500. The number of ether oxygens (including phenoxy) is 1. The topological polar surface area (TPSA) is 55.5 Å². The Morgan fingerprint density at radius 2 is 2.20 bits per heavy atom. The van der Waals surface area contributed by atoms with Crippen molar-refractivity contribution in [3.8, 4) is 11.4 Å². The number of anilines is 1. The van der Waals surface area contributed by atoms with E-state index < -0.39 is 0 Å². The molecule has 0 aromatic carbocycles. The van der Waals surface area contributed by atoms with Crippen LogP contribution in [-0.4, -0.2) is 45.6 Å². The van der Waals surface area contributed by atoms with E-state index in [0.717, 1.165) is 55.3 Å². The average Bonchev–Trinajstić information content (AvgIpc) is 3.34. The van der Waals surface area contributed by atoms with Gasteiger partial charge in [-0.3, -0.25) is 0 Å². The molecule has 7 heteroatoms. The van der Waals surface area contributed by atoms with Crippen molar-refractivity contribution in [3.63, 3.8) is 0 Å². The molecule has 25 heavy (non-hydrogen) atoms. The molecule has 1 fully saturated rings. The van der Waals surface area contributed by atoms with Crippen LogP contribution < -0.4 is 4.90 Å². The summed E-state index contributed by atoms with van der Waals surface area (Å²) in [5.41, 5.74) is 1.87. The third-order valence-corrected chi connectivity index (χ3v) is 5.71. The summed E-state index contributed by atoms with van der Waals surface area (Å²) in [6.45, 7) is 3.98. The predicted molar refractivity (Wildman–Crippen MR) is 100 cm³/mol. The van der Waals surface area contributed by atoms with Gasteiger partial charge in [0.15, 0.2) is 11.5 Å². The first kappa shape index (κ1) is 16.5. The normalized spacial score (nSPS) is 20.6. The summed E-state index contributed by atoms with van der Waals surface area (Å²) >= 11 is 1.65. The third-order valence-electron chi connectivity index (χ3n) is 5.03. The minimum absolute atomic E-state index is 0.0424. The molecule has 0 spiro atoms. The van der Waals surface area contributed by atoms with Gasteiger partial charge >= 0.3 is 0 Å². The van der Waals surface area contributed by atoms with Gasteiger partial charge < -0.3 is 9.64 Å². The minimum Gasteiger partial charge on any atom is -0.382 e. The molecule has 0 radical (unpaired) electrons. The van der Waals surface area contributed by atoms with Crippen molar-refractivity contribution in [1.29, 1.82) is 0 Å². The van der Waals surface area contributed by atoms with Crippen molar-refractivity contribution in [1.82, 2.24) is 19.8 Å². The molecule has 4 rings (SSSR count). The van der Waals surface area contributed by atoms with E-state index in [1.165, 1.54) is 6.42 Å². The highest BCUT2D eigenvalue weighted by molar-refractivity contribution is 7.08. The molecule has 3 aromatic rings. The molecule has 0 N–H and O–H groups in total. The quantitative estimate of drug-likeness (QED) is 0.674. The maximum atomic E-state index is 5.59. The number of methoxy groups -OCH3 is 1. The largest absolute Gasteiger partial charge is 0.382 e. The number of hydrogen-bond donors (Lipinski definition) is 0. The van der Waals surface area contributed by atoms with Gasteiger partial charge in [0.2, 0.25) is 0 Å². The maximum Gasteiger partial charge on any atom is 0.186 e. The second kappa shape index (κ2) is 6.72. The minimum atomic E-state index is 0.0424. The van der Waals surface area contributed by atoms with Crippen LogP contribution in [0.1, 0.15) is 32.6 Å². The Balaban J connectivity index is 1.77. The van der Waals surface area contributed by atoms with Crippen molar-refractivity contribution in [2.75, 3.05) is 25.2 Å². The smallest absolute Gasteiger partial charge is 0.186 e. The van der Waals surface area contributed by atoms with Gasteiger partial charge in [0.1, 0.15) is 5.82 Å². The standard InChI is InChI=1S/C18H23N5OS/c1-3-8-18(13-24-2)9-4-10-22(18)16-6-5-15-19-20-17(23(15)21-16)14-7-11-25-12-14/h5-7,11-12H,3-4,8-10,13H2,1-2H3. The van der Waals surface area contributed by atoms with Gasteiger partial charge in [0.25, 0.3) is 0 Å². The van der Waals surface area contributed by atoms with E-state index in [2.05, 4.69) is 39.5 Å². The fourth-order valence-electron chi connectivity index (χ4n) is 4.01. The van der Waals surface area contributed by atoms with Crippen LogP contribution in [0.5, 0.6) is 0 Å². The second-order valence-corrected chi connectivity index (χ2v) is 7.44.